The quantitative estimate of drug-likeness (QED) is 0.699. The maximum atomic E-state index is 6.17. The highest BCUT2D eigenvalue weighted by atomic mass is 35.5. The molecule has 0 radical (unpaired) electrons. The minimum Gasteiger partial charge on any atom is -0.374 e. The van der Waals surface area contributed by atoms with Gasteiger partial charge in [-0.3, -0.25) is 0 Å². The highest BCUT2D eigenvalue weighted by Crippen LogP contribution is 2.42. The molecule has 3 heteroatoms. The van der Waals surface area contributed by atoms with Crippen LogP contribution in [0, 0.1) is 5.92 Å². The number of halogens is 1. The van der Waals surface area contributed by atoms with Crippen LogP contribution in [0.1, 0.15) is 17.9 Å². The average Bonchev–Trinajstić information content (AvgIpc) is 2.62. The lowest BCUT2D eigenvalue weighted by Gasteiger charge is -2.21. The van der Waals surface area contributed by atoms with Crippen LogP contribution in [-0.4, -0.2) is 38.6 Å². The zero-order valence-electron chi connectivity index (χ0n) is 10.5. The molecule has 92 valence electrons. The molecule has 2 heterocycles. The highest BCUT2D eigenvalue weighted by Gasteiger charge is 2.35. The molecule has 0 N–H and O–H groups in total. The van der Waals surface area contributed by atoms with Gasteiger partial charge in [-0.05, 0) is 43.1 Å². The van der Waals surface area contributed by atoms with Crippen LogP contribution < -0.4 is 4.90 Å². The standard InChI is InChI=1S/C14H19ClN2/c1-16-8-10-5-6-17(2)14-4-3-11(15)7-12(14)13(10)9-16/h3-4,7,10,13H,5-6,8-9H2,1-2H3. The molecule has 1 aromatic rings. The molecule has 3 rings (SSSR count). The van der Waals surface area contributed by atoms with E-state index in [0.717, 1.165) is 17.5 Å². The smallest absolute Gasteiger partial charge is 0.0410 e. The Morgan fingerprint density at radius 3 is 2.88 bits per heavy atom. The number of hydrogen-bond acceptors (Lipinski definition) is 2. The minimum absolute atomic E-state index is 0.665. The van der Waals surface area contributed by atoms with Crippen molar-refractivity contribution in [3.05, 3.63) is 28.8 Å². The van der Waals surface area contributed by atoms with Crippen molar-refractivity contribution in [3.8, 4) is 0 Å². The van der Waals surface area contributed by atoms with Crippen molar-refractivity contribution in [2.45, 2.75) is 12.3 Å². The van der Waals surface area contributed by atoms with Gasteiger partial charge in [0.15, 0.2) is 0 Å². The Bertz CT molecular complexity index is 432. The summed E-state index contributed by atoms with van der Waals surface area (Å²) in [5.41, 5.74) is 2.82. The molecule has 2 atom stereocenters. The fourth-order valence-electron chi connectivity index (χ4n) is 3.38. The Kier molecular flexibility index (Phi) is 2.80. The normalized spacial score (nSPS) is 28.8. The van der Waals surface area contributed by atoms with Crippen LogP contribution in [0.3, 0.4) is 0 Å². The fourth-order valence-corrected chi connectivity index (χ4v) is 3.56. The summed E-state index contributed by atoms with van der Waals surface area (Å²) in [4.78, 5) is 4.83. The monoisotopic (exact) mass is 250 g/mol. The first kappa shape index (κ1) is 11.4. The van der Waals surface area contributed by atoms with Gasteiger partial charge in [0, 0.05) is 43.3 Å². The lowest BCUT2D eigenvalue weighted by atomic mass is 9.87. The van der Waals surface area contributed by atoms with E-state index in [2.05, 4.69) is 36.0 Å². The van der Waals surface area contributed by atoms with E-state index in [1.165, 1.54) is 30.8 Å². The van der Waals surface area contributed by atoms with E-state index in [9.17, 15) is 0 Å². The lowest BCUT2D eigenvalue weighted by Crippen LogP contribution is -2.21. The molecule has 2 unspecified atom stereocenters. The van der Waals surface area contributed by atoms with Crippen molar-refractivity contribution < 1.29 is 0 Å². The van der Waals surface area contributed by atoms with E-state index in [0.29, 0.717) is 5.92 Å². The predicted molar refractivity (Wildman–Crippen MR) is 73.1 cm³/mol. The first-order valence-electron chi connectivity index (χ1n) is 6.34. The number of fused-ring (bicyclic) bond motifs is 3. The van der Waals surface area contributed by atoms with Gasteiger partial charge in [-0.15, -0.1) is 0 Å². The predicted octanol–water partition coefficient (Wildman–Crippen LogP) is 2.83. The van der Waals surface area contributed by atoms with Crippen molar-refractivity contribution in [3.63, 3.8) is 0 Å². The molecule has 0 aromatic heterocycles. The molecule has 0 bridgehead atoms. The highest BCUT2D eigenvalue weighted by molar-refractivity contribution is 6.30. The van der Waals surface area contributed by atoms with Gasteiger partial charge in [0.2, 0.25) is 0 Å². The van der Waals surface area contributed by atoms with Crippen molar-refractivity contribution in [1.82, 2.24) is 4.90 Å². The topological polar surface area (TPSA) is 6.48 Å². The largest absolute Gasteiger partial charge is 0.374 e. The van der Waals surface area contributed by atoms with Gasteiger partial charge >= 0.3 is 0 Å². The fraction of sp³-hybridized carbons (Fsp3) is 0.571. The molecular weight excluding hydrogens is 232 g/mol. The molecule has 0 spiro atoms. The van der Waals surface area contributed by atoms with Crippen LogP contribution >= 0.6 is 11.6 Å². The number of likely N-dealkylation sites (tertiary alicyclic amines) is 1. The molecule has 2 aliphatic rings. The number of hydrogen-bond donors (Lipinski definition) is 0. The second-order valence-electron chi connectivity index (χ2n) is 5.50. The van der Waals surface area contributed by atoms with Gasteiger partial charge < -0.3 is 9.80 Å². The van der Waals surface area contributed by atoms with Crippen LogP contribution in [0.25, 0.3) is 0 Å². The van der Waals surface area contributed by atoms with Gasteiger partial charge in [0.05, 0.1) is 0 Å². The summed E-state index contributed by atoms with van der Waals surface area (Å²) in [6.07, 6.45) is 1.29. The third kappa shape index (κ3) is 1.94. The van der Waals surface area contributed by atoms with Gasteiger partial charge in [-0.25, -0.2) is 0 Å². The van der Waals surface area contributed by atoms with Crippen LogP contribution in [0.15, 0.2) is 18.2 Å². The number of anilines is 1. The number of likely N-dealkylation sites (N-methyl/N-ethyl adjacent to an activating group) is 1. The molecule has 0 amide bonds. The molecule has 17 heavy (non-hydrogen) atoms. The van der Waals surface area contributed by atoms with Crippen molar-refractivity contribution in [1.29, 1.82) is 0 Å². The summed E-state index contributed by atoms with van der Waals surface area (Å²) in [5, 5.41) is 0.868. The molecule has 2 aliphatic heterocycles. The van der Waals surface area contributed by atoms with Crippen molar-refractivity contribution >= 4 is 17.3 Å². The van der Waals surface area contributed by atoms with E-state index in [1.54, 1.807) is 0 Å². The molecular formula is C14H19ClN2. The summed E-state index contributed by atoms with van der Waals surface area (Å²) in [5.74, 6) is 1.46. The third-order valence-corrected chi connectivity index (χ3v) is 4.49. The Labute approximate surface area is 108 Å². The second kappa shape index (κ2) is 4.18. The third-order valence-electron chi connectivity index (χ3n) is 4.26. The van der Waals surface area contributed by atoms with Gasteiger partial charge in [0.25, 0.3) is 0 Å². The average molecular weight is 251 g/mol. The Morgan fingerprint density at radius 2 is 2.06 bits per heavy atom. The zero-order valence-corrected chi connectivity index (χ0v) is 11.2. The SMILES string of the molecule is CN1CC2CCN(C)c3ccc(Cl)cc3C2C1. The first-order valence-corrected chi connectivity index (χ1v) is 6.72. The molecule has 1 fully saturated rings. The second-order valence-corrected chi connectivity index (χ2v) is 5.94. The maximum Gasteiger partial charge on any atom is 0.0410 e. The summed E-state index contributed by atoms with van der Waals surface area (Å²) in [6.45, 7) is 3.56. The Morgan fingerprint density at radius 1 is 1.24 bits per heavy atom. The van der Waals surface area contributed by atoms with E-state index < -0.39 is 0 Å². The zero-order chi connectivity index (χ0) is 12.0. The van der Waals surface area contributed by atoms with Crippen molar-refractivity contribution in [2.24, 2.45) is 5.92 Å². The molecule has 1 saturated heterocycles. The van der Waals surface area contributed by atoms with E-state index in [1.807, 2.05) is 6.07 Å². The molecule has 2 nitrogen and oxygen atoms in total. The Balaban J connectivity index is 2.07. The summed E-state index contributed by atoms with van der Waals surface area (Å²) < 4.78 is 0. The molecule has 0 aliphatic carbocycles. The van der Waals surface area contributed by atoms with Gasteiger partial charge in [0.1, 0.15) is 0 Å². The van der Waals surface area contributed by atoms with E-state index in [-0.39, 0.29) is 0 Å². The lowest BCUT2D eigenvalue weighted by molar-refractivity contribution is 0.389. The van der Waals surface area contributed by atoms with Crippen molar-refractivity contribution in [2.75, 3.05) is 38.6 Å². The number of rotatable bonds is 0. The summed E-state index contributed by atoms with van der Waals surface area (Å²) in [7, 11) is 4.42. The van der Waals surface area contributed by atoms with Gasteiger partial charge in [-0.2, -0.15) is 0 Å². The van der Waals surface area contributed by atoms with Crippen LogP contribution in [0.5, 0.6) is 0 Å². The summed E-state index contributed by atoms with van der Waals surface area (Å²) >= 11 is 6.17. The van der Waals surface area contributed by atoms with E-state index >= 15 is 0 Å². The van der Waals surface area contributed by atoms with E-state index in [4.69, 9.17) is 11.6 Å². The van der Waals surface area contributed by atoms with Crippen LogP contribution in [0.4, 0.5) is 5.69 Å². The number of benzene rings is 1. The first-order chi connectivity index (χ1) is 8.15. The number of nitrogens with zero attached hydrogens (tertiary/aromatic N) is 2. The van der Waals surface area contributed by atoms with Gasteiger partial charge in [-0.1, -0.05) is 11.6 Å². The summed E-state index contributed by atoms with van der Waals surface area (Å²) in [6, 6.07) is 6.36. The minimum atomic E-state index is 0.665. The Hall–Kier alpha value is -0.730. The van der Waals surface area contributed by atoms with Crippen LogP contribution in [0.2, 0.25) is 5.02 Å². The maximum absolute atomic E-state index is 6.17. The van der Waals surface area contributed by atoms with Crippen LogP contribution in [-0.2, 0) is 0 Å². The molecule has 0 saturated carbocycles. The molecule has 1 aromatic carbocycles.